The SMILES string of the molecule is Cc1cccc([S@](=O)Cc2nnc(C)n2C)c1. The molecule has 0 aliphatic rings. The summed E-state index contributed by atoms with van der Waals surface area (Å²) in [7, 11) is 0.822. The Morgan fingerprint density at radius 2 is 2.06 bits per heavy atom. The Morgan fingerprint density at radius 1 is 1.29 bits per heavy atom. The van der Waals surface area contributed by atoms with Gasteiger partial charge in [-0.2, -0.15) is 0 Å². The van der Waals surface area contributed by atoms with Gasteiger partial charge in [-0.05, 0) is 31.5 Å². The van der Waals surface area contributed by atoms with E-state index in [4.69, 9.17) is 0 Å². The third-order valence-electron chi connectivity index (χ3n) is 2.70. The average molecular weight is 249 g/mol. The lowest BCUT2D eigenvalue weighted by Gasteiger charge is -2.03. The van der Waals surface area contributed by atoms with E-state index in [-0.39, 0.29) is 0 Å². The maximum atomic E-state index is 12.2. The van der Waals surface area contributed by atoms with Gasteiger partial charge in [-0.15, -0.1) is 10.2 Å². The van der Waals surface area contributed by atoms with Crippen molar-refractivity contribution in [1.82, 2.24) is 14.8 Å². The molecule has 0 aliphatic carbocycles. The molecule has 1 aromatic heterocycles. The fraction of sp³-hybridized carbons (Fsp3) is 0.333. The second-order valence-corrected chi connectivity index (χ2v) is 5.48. The van der Waals surface area contributed by atoms with Crippen LogP contribution in [0.15, 0.2) is 29.2 Å². The predicted octanol–water partition coefficient (Wildman–Crippen LogP) is 1.74. The van der Waals surface area contributed by atoms with Gasteiger partial charge >= 0.3 is 0 Å². The molecule has 17 heavy (non-hydrogen) atoms. The van der Waals surface area contributed by atoms with Gasteiger partial charge < -0.3 is 4.57 Å². The molecular formula is C12H15N3OS. The van der Waals surface area contributed by atoms with Crippen LogP contribution in [0.25, 0.3) is 0 Å². The Labute approximate surface area is 103 Å². The highest BCUT2D eigenvalue weighted by atomic mass is 32.2. The summed E-state index contributed by atoms with van der Waals surface area (Å²) in [6.45, 7) is 3.87. The molecule has 5 heteroatoms. The van der Waals surface area contributed by atoms with E-state index < -0.39 is 10.8 Å². The van der Waals surface area contributed by atoms with E-state index in [2.05, 4.69) is 10.2 Å². The Morgan fingerprint density at radius 3 is 2.65 bits per heavy atom. The summed E-state index contributed by atoms with van der Waals surface area (Å²) in [5.41, 5.74) is 1.12. The molecule has 0 spiro atoms. The van der Waals surface area contributed by atoms with Crippen LogP contribution in [0.1, 0.15) is 17.2 Å². The Balaban J connectivity index is 2.20. The molecule has 0 radical (unpaired) electrons. The zero-order valence-corrected chi connectivity index (χ0v) is 11.0. The number of hydrogen-bond acceptors (Lipinski definition) is 3. The molecule has 90 valence electrons. The Kier molecular flexibility index (Phi) is 3.38. The van der Waals surface area contributed by atoms with Crippen LogP contribution in [0.3, 0.4) is 0 Å². The van der Waals surface area contributed by atoms with Crippen molar-refractivity contribution in [2.24, 2.45) is 7.05 Å². The van der Waals surface area contributed by atoms with Crippen molar-refractivity contribution in [2.45, 2.75) is 24.5 Å². The van der Waals surface area contributed by atoms with Crippen LogP contribution in [-0.2, 0) is 23.6 Å². The maximum Gasteiger partial charge on any atom is 0.145 e. The summed E-state index contributed by atoms with van der Waals surface area (Å²) in [4.78, 5) is 0.839. The maximum absolute atomic E-state index is 12.2. The van der Waals surface area contributed by atoms with Crippen LogP contribution in [0.2, 0.25) is 0 Å². The highest BCUT2D eigenvalue weighted by Crippen LogP contribution is 2.12. The van der Waals surface area contributed by atoms with E-state index in [0.717, 1.165) is 22.1 Å². The van der Waals surface area contributed by atoms with E-state index in [0.29, 0.717) is 5.75 Å². The second-order valence-electron chi connectivity index (χ2n) is 4.03. The number of nitrogens with zero attached hydrogens (tertiary/aromatic N) is 3. The van der Waals surface area contributed by atoms with Gasteiger partial charge in [0, 0.05) is 11.9 Å². The summed E-state index contributed by atoms with van der Waals surface area (Å²) in [5, 5.41) is 7.98. The minimum atomic E-state index is -1.06. The van der Waals surface area contributed by atoms with Crippen LogP contribution in [0.5, 0.6) is 0 Å². The molecule has 1 atom stereocenters. The molecule has 0 unspecified atom stereocenters. The van der Waals surface area contributed by atoms with Gasteiger partial charge in [0.25, 0.3) is 0 Å². The van der Waals surface area contributed by atoms with Gasteiger partial charge in [0.2, 0.25) is 0 Å². The summed E-state index contributed by atoms with van der Waals surface area (Å²) >= 11 is 0. The molecule has 0 fully saturated rings. The first-order valence-electron chi connectivity index (χ1n) is 5.38. The molecule has 0 saturated carbocycles. The lowest BCUT2D eigenvalue weighted by Crippen LogP contribution is -2.04. The molecule has 0 bridgehead atoms. The van der Waals surface area contributed by atoms with E-state index in [1.165, 1.54) is 0 Å². The highest BCUT2D eigenvalue weighted by Gasteiger charge is 2.11. The molecule has 2 rings (SSSR count). The summed E-state index contributed by atoms with van der Waals surface area (Å²) in [6.07, 6.45) is 0. The smallest absolute Gasteiger partial charge is 0.145 e. The van der Waals surface area contributed by atoms with Crippen LogP contribution in [0, 0.1) is 13.8 Å². The van der Waals surface area contributed by atoms with Gasteiger partial charge in [-0.3, -0.25) is 4.21 Å². The van der Waals surface area contributed by atoms with Crippen LogP contribution in [-0.4, -0.2) is 19.0 Å². The number of aromatic nitrogens is 3. The van der Waals surface area contributed by atoms with Gasteiger partial charge in [-0.25, -0.2) is 0 Å². The summed E-state index contributed by atoms with van der Waals surface area (Å²) in [5.74, 6) is 1.99. The van der Waals surface area contributed by atoms with E-state index in [9.17, 15) is 4.21 Å². The minimum absolute atomic E-state index is 0.404. The molecule has 0 aliphatic heterocycles. The lowest BCUT2D eigenvalue weighted by atomic mass is 10.2. The van der Waals surface area contributed by atoms with Crippen LogP contribution >= 0.6 is 0 Å². The van der Waals surface area contributed by atoms with Crippen LogP contribution < -0.4 is 0 Å². The van der Waals surface area contributed by atoms with E-state index in [1.807, 2.05) is 49.7 Å². The number of benzene rings is 1. The Hall–Kier alpha value is -1.49. The molecule has 0 saturated heterocycles. The van der Waals surface area contributed by atoms with Crippen molar-refractivity contribution in [2.75, 3.05) is 0 Å². The predicted molar refractivity (Wildman–Crippen MR) is 67.0 cm³/mol. The highest BCUT2D eigenvalue weighted by molar-refractivity contribution is 7.84. The van der Waals surface area contributed by atoms with E-state index in [1.54, 1.807) is 0 Å². The standard InChI is InChI=1S/C12H15N3OS/c1-9-5-4-6-11(7-9)17(16)8-12-14-13-10(2)15(12)3/h4-7H,8H2,1-3H3/t17-/m1/s1. The molecule has 1 aromatic carbocycles. The van der Waals surface area contributed by atoms with Crippen LogP contribution in [0.4, 0.5) is 0 Å². The minimum Gasteiger partial charge on any atom is -0.318 e. The first-order valence-corrected chi connectivity index (χ1v) is 6.69. The second kappa shape index (κ2) is 4.79. The van der Waals surface area contributed by atoms with Crippen molar-refractivity contribution in [3.63, 3.8) is 0 Å². The molecule has 1 heterocycles. The molecular weight excluding hydrogens is 234 g/mol. The van der Waals surface area contributed by atoms with Crippen molar-refractivity contribution < 1.29 is 4.21 Å². The first kappa shape index (κ1) is 12.0. The zero-order valence-electron chi connectivity index (χ0n) is 10.2. The molecule has 2 aromatic rings. The lowest BCUT2D eigenvalue weighted by molar-refractivity contribution is 0.679. The third kappa shape index (κ3) is 2.61. The average Bonchev–Trinajstić information content (AvgIpc) is 2.61. The van der Waals surface area contributed by atoms with Crippen molar-refractivity contribution in [3.8, 4) is 0 Å². The summed E-state index contributed by atoms with van der Waals surface area (Å²) in [6, 6.07) is 7.74. The quantitative estimate of drug-likeness (QED) is 0.832. The number of aryl methyl sites for hydroxylation is 2. The first-order chi connectivity index (χ1) is 8.08. The monoisotopic (exact) mass is 249 g/mol. The van der Waals surface area contributed by atoms with Gasteiger partial charge in [0.1, 0.15) is 11.6 Å². The molecule has 0 N–H and O–H groups in total. The van der Waals surface area contributed by atoms with Crippen molar-refractivity contribution in [1.29, 1.82) is 0 Å². The van der Waals surface area contributed by atoms with Crippen molar-refractivity contribution in [3.05, 3.63) is 41.5 Å². The van der Waals surface area contributed by atoms with E-state index >= 15 is 0 Å². The Bertz CT molecular complexity index is 563. The molecule has 0 amide bonds. The van der Waals surface area contributed by atoms with Crippen molar-refractivity contribution >= 4 is 10.8 Å². The topological polar surface area (TPSA) is 47.8 Å². The zero-order chi connectivity index (χ0) is 12.4. The summed E-state index contributed by atoms with van der Waals surface area (Å²) < 4.78 is 14.0. The van der Waals surface area contributed by atoms with Gasteiger partial charge in [-0.1, -0.05) is 12.1 Å². The fourth-order valence-corrected chi connectivity index (χ4v) is 2.73. The molecule has 4 nitrogen and oxygen atoms in total. The van der Waals surface area contributed by atoms with Gasteiger partial charge in [0.05, 0.1) is 16.6 Å². The number of rotatable bonds is 3. The normalized spacial score (nSPS) is 12.6. The number of hydrogen-bond donors (Lipinski definition) is 0. The van der Waals surface area contributed by atoms with Gasteiger partial charge in [0.15, 0.2) is 0 Å². The third-order valence-corrected chi connectivity index (χ3v) is 4.00. The fourth-order valence-electron chi connectivity index (χ4n) is 1.53. The largest absolute Gasteiger partial charge is 0.318 e.